The summed E-state index contributed by atoms with van der Waals surface area (Å²) in [6.07, 6.45) is -0.806. The van der Waals surface area contributed by atoms with Crippen molar-refractivity contribution in [2.45, 2.75) is 39.2 Å². The first-order valence-electron chi connectivity index (χ1n) is 5.38. The largest absolute Gasteiger partial charge is 0.335 e. The van der Waals surface area contributed by atoms with Gasteiger partial charge < -0.3 is 10.2 Å². The summed E-state index contributed by atoms with van der Waals surface area (Å²) in [5.74, 6) is 0.490. The van der Waals surface area contributed by atoms with Gasteiger partial charge in [-0.1, -0.05) is 13.8 Å². The van der Waals surface area contributed by atoms with E-state index in [0.29, 0.717) is 18.9 Å². The van der Waals surface area contributed by atoms with Crippen LogP contribution in [0.4, 0.5) is 13.6 Å². The maximum atomic E-state index is 12.2. The molecule has 1 rings (SSSR count). The molecule has 0 radical (unpaired) electrons. The number of hydrogen-bond acceptors (Lipinski definition) is 1. The lowest BCUT2D eigenvalue weighted by Gasteiger charge is -2.22. The molecule has 0 aromatic rings. The highest BCUT2D eigenvalue weighted by Crippen LogP contribution is 2.29. The second-order valence-electron chi connectivity index (χ2n) is 4.11. The van der Waals surface area contributed by atoms with E-state index in [9.17, 15) is 13.6 Å². The third kappa shape index (κ3) is 4.01. The molecule has 1 fully saturated rings. The van der Waals surface area contributed by atoms with E-state index in [1.165, 1.54) is 4.90 Å². The van der Waals surface area contributed by atoms with Crippen LogP contribution in [0.3, 0.4) is 0 Å². The predicted octanol–water partition coefficient (Wildman–Crippen LogP) is 2.08. The second kappa shape index (κ2) is 5.28. The van der Waals surface area contributed by atoms with Crippen molar-refractivity contribution in [3.05, 3.63) is 0 Å². The fourth-order valence-corrected chi connectivity index (χ4v) is 1.49. The summed E-state index contributed by atoms with van der Waals surface area (Å²) in [5.41, 5.74) is 0. The minimum Gasteiger partial charge on any atom is -0.335 e. The Morgan fingerprint density at radius 1 is 1.60 bits per heavy atom. The van der Waals surface area contributed by atoms with Crippen LogP contribution in [0, 0.1) is 5.92 Å². The van der Waals surface area contributed by atoms with E-state index in [-0.39, 0.29) is 12.1 Å². The van der Waals surface area contributed by atoms with Gasteiger partial charge in [-0.05, 0) is 18.8 Å². The normalized spacial score (nSPS) is 24.1. The molecule has 0 bridgehead atoms. The summed E-state index contributed by atoms with van der Waals surface area (Å²) < 4.78 is 24.4. The molecule has 2 unspecified atom stereocenters. The number of alkyl halides is 2. The van der Waals surface area contributed by atoms with Gasteiger partial charge in [0.25, 0.3) is 6.43 Å². The summed E-state index contributed by atoms with van der Waals surface area (Å²) in [5, 5.41) is 2.75. The number of urea groups is 1. The average molecular weight is 220 g/mol. The molecule has 2 atom stereocenters. The zero-order valence-corrected chi connectivity index (χ0v) is 9.17. The number of nitrogens with one attached hydrogen (secondary N) is 1. The second-order valence-corrected chi connectivity index (χ2v) is 4.11. The summed E-state index contributed by atoms with van der Waals surface area (Å²) in [6.45, 7) is 3.81. The number of halogens is 2. The molecule has 88 valence electrons. The molecule has 1 saturated carbocycles. The van der Waals surface area contributed by atoms with E-state index in [4.69, 9.17) is 0 Å². The Morgan fingerprint density at radius 2 is 2.20 bits per heavy atom. The Hall–Kier alpha value is -0.870. The molecule has 15 heavy (non-hydrogen) atoms. The number of hydrogen-bond donors (Lipinski definition) is 1. The van der Waals surface area contributed by atoms with Crippen LogP contribution in [0.15, 0.2) is 0 Å². The monoisotopic (exact) mass is 220 g/mol. The van der Waals surface area contributed by atoms with Crippen molar-refractivity contribution in [2.24, 2.45) is 5.92 Å². The average Bonchev–Trinajstić information content (AvgIpc) is 2.80. The van der Waals surface area contributed by atoms with Gasteiger partial charge in [0.05, 0.1) is 6.54 Å². The molecule has 0 heterocycles. The Bertz CT molecular complexity index is 223. The highest BCUT2D eigenvalue weighted by Gasteiger charge is 2.35. The lowest BCUT2D eigenvalue weighted by atomic mass is 10.4. The summed E-state index contributed by atoms with van der Waals surface area (Å²) in [7, 11) is 0. The molecule has 3 nitrogen and oxygen atoms in total. The van der Waals surface area contributed by atoms with Crippen molar-refractivity contribution in [3.8, 4) is 0 Å². The third-order valence-corrected chi connectivity index (χ3v) is 2.56. The minimum atomic E-state index is -2.46. The highest BCUT2D eigenvalue weighted by atomic mass is 19.3. The van der Waals surface area contributed by atoms with Crippen LogP contribution in [0.1, 0.15) is 26.7 Å². The molecule has 0 spiro atoms. The van der Waals surface area contributed by atoms with Crippen LogP contribution in [0.25, 0.3) is 0 Å². The minimum absolute atomic E-state index is 0.189. The number of amides is 2. The summed E-state index contributed by atoms with van der Waals surface area (Å²) in [4.78, 5) is 12.7. The van der Waals surface area contributed by atoms with Gasteiger partial charge in [0.2, 0.25) is 0 Å². The Balaban J connectivity index is 2.36. The Kier molecular flexibility index (Phi) is 4.29. The molecule has 5 heteroatoms. The molecular formula is C10H18F2N2O. The van der Waals surface area contributed by atoms with Crippen molar-refractivity contribution in [1.29, 1.82) is 0 Å². The Labute approximate surface area is 88.8 Å². The maximum absolute atomic E-state index is 12.2. The van der Waals surface area contributed by atoms with Gasteiger partial charge in [-0.15, -0.1) is 0 Å². The molecule has 2 amide bonds. The molecule has 0 aliphatic heterocycles. The zero-order valence-electron chi connectivity index (χ0n) is 9.17. The Morgan fingerprint density at radius 3 is 2.60 bits per heavy atom. The smallest absolute Gasteiger partial charge is 0.317 e. The molecule has 1 aliphatic rings. The van der Waals surface area contributed by atoms with Gasteiger partial charge in [0.15, 0.2) is 0 Å². The van der Waals surface area contributed by atoms with Crippen LogP contribution in [-0.4, -0.2) is 36.5 Å². The van der Waals surface area contributed by atoms with Crippen molar-refractivity contribution in [3.63, 3.8) is 0 Å². The quantitative estimate of drug-likeness (QED) is 0.756. The van der Waals surface area contributed by atoms with Crippen LogP contribution < -0.4 is 5.32 Å². The summed E-state index contributed by atoms with van der Waals surface area (Å²) in [6, 6.07) is -0.166. The number of carbonyl (C=O) groups excluding carboxylic acids is 1. The molecule has 1 N–H and O–H groups in total. The van der Waals surface area contributed by atoms with Gasteiger partial charge in [-0.25, -0.2) is 13.6 Å². The lowest BCUT2D eigenvalue weighted by molar-refractivity contribution is 0.0981. The number of rotatable bonds is 5. The van der Waals surface area contributed by atoms with Gasteiger partial charge in [0, 0.05) is 12.6 Å². The number of carbonyl (C=O) groups is 1. The first kappa shape index (κ1) is 12.2. The van der Waals surface area contributed by atoms with Crippen LogP contribution in [0.5, 0.6) is 0 Å². The van der Waals surface area contributed by atoms with E-state index in [1.54, 1.807) is 0 Å². The van der Waals surface area contributed by atoms with Crippen LogP contribution in [0.2, 0.25) is 0 Å². The van der Waals surface area contributed by atoms with E-state index >= 15 is 0 Å². The molecule has 0 saturated heterocycles. The topological polar surface area (TPSA) is 32.3 Å². The third-order valence-electron chi connectivity index (χ3n) is 2.56. The SMILES string of the molecule is CCCN(CC(F)F)C(=O)NC1CC1C. The number of nitrogens with zero attached hydrogens (tertiary/aromatic N) is 1. The first-order chi connectivity index (χ1) is 7.04. The van der Waals surface area contributed by atoms with Crippen LogP contribution >= 0.6 is 0 Å². The van der Waals surface area contributed by atoms with E-state index in [1.807, 2.05) is 13.8 Å². The first-order valence-corrected chi connectivity index (χ1v) is 5.38. The standard InChI is InChI=1S/C10H18F2N2O/c1-3-4-14(6-9(11)12)10(15)13-8-5-7(8)2/h7-9H,3-6H2,1-2H3,(H,13,15). The van der Waals surface area contributed by atoms with Crippen molar-refractivity contribution >= 4 is 6.03 Å². The fourth-order valence-electron chi connectivity index (χ4n) is 1.49. The molecule has 0 aromatic heterocycles. The molecule has 0 aromatic carbocycles. The maximum Gasteiger partial charge on any atom is 0.317 e. The summed E-state index contributed by atoms with van der Waals surface area (Å²) >= 11 is 0. The predicted molar refractivity (Wildman–Crippen MR) is 54.0 cm³/mol. The van der Waals surface area contributed by atoms with Crippen molar-refractivity contribution in [2.75, 3.05) is 13.1 Å². The lowest BCUT2D eigenvalue weighted by Crippen LogP contribution is -2.44. The van der Waals surface area contributed by atoms with Crippen molar-refractivity contribution < 1.29 is 13.6 Å². The van der Waals surface area contributed by atoms with E-state index < -0.39 is 13.0 Å². The fraction of sp³-hybridized carbons (Fsp3) is 0.900. The van der Waals surface area contributed by atoms with Crippen LogP contribution in [-0.2, 0) is 0 Å². The van der Waals surface area contributed by atoms with E-state index in [0.717, 1.165) is 6.42 Å². The van der Waals surface area contributed by atoms with Gasteiger partial charge in [-0.2, -0.15) is 0 Å². The molecule has 1 aliphatic carbocycles. The molecular weight excluding hydrogens is 202 g/mol. The highest BCUT2D eigenvalue weighted by molar-refractivity contribution is 5.74. The van der Waals surface area contributed by atoms with Crippen molar-refractivity contribution in [1.82, 2.24) is 10.2 Å². The van der Waals surface area contributed by atoms with Gasteiger partial charge in [-0.3, -0.25) is 0 Å². The zero-order chi connectivity index (χ0) is 11.4. The van der Waals surface area contributed by atoms with E-state index in [2.05, 4.69) is 5.32 Å². The van der Waals surface area contributed by atoms with Gasteiger partial charge in [0.1, 0.15) is 0 Å². The van der Waals surface area contributed by atoms with Gasteiger partial charge >= 0.3 is 6.03 Å².